The number of rotatable bonds is 5. The van der Waals surface area contributed by atoms with Crippen molar-refractivity contribution in [3.8, 4) is 0 Å². The van der Waals surface area contributed by atoms with Crippen LogP contribution in [0.2, 0.25) is 0 Å². The molecule has 1 aliphatic rings. The van der Waals surface area contributed by atoms with Gasteiger partial charge in [0, 0.05) is 30.3 Å². The highest BCUT2D eigenvalue weighted by atomic mass is 16.5. The van der Waals surface area contributed by atoms with Crippen LogP contribution in [0.4, 0.5) is 0 Å². The third-order valence-corrected chi connectivity index (χ3v) is 3.32. The molecular weight excluding hydrogens is 268 g/mol. The van der Waals surface area contributed by atoms with Gasteiger partial charge >= 0.3 is 0 Å². The van der Waals surface area contributed by atoms with Crippen LogP contribution in [-0.4, -0.2) is 37.1 Å². The van der Waals surface area contributed by atoms with Crippen LogP contribution in [0.1, 0.15) is 47.4 Å². The Hall–Kier alpha value is -1.88. The monoisotopic (exact) mass is 290 g/mol. The summed E-state index contributed by atoms with van der Waals surface area (Å²) in [5.41, 5.74) is 0.984. The molecule has 5 heteroatoms. The van der Waals surface area contributed by atoms with Gasteiger partial charge in [-0.1, -0.05) is 6.07 Å². The van der Waals surface area contributed by atoms with Crippen LogP contribution >= 0.6 is 0 Å². The van der Waals surface area contributed by atoms with Crippen molar-refractivity contribution in [2.45, 2.75) is 38.8 Å². The smallest absolute Gasteiger partial charge is 0.251 e. The molecule has 0 aromatic heterocycles. The molecule has 0 bridgehead atoms. The highest BCUT2D eigenvalue weighted by molar-refractivity contribution is 5.99. The summed E-state index contributed by atoms with van der Waals surface area (Å²) in [4.78, 5) is 24.0. The third-order valence-electron chi connectivity index (χ3n) is 3.32. The van der Waals surface area contributed by atoms with E-state index in [4.69, 9.17) is 4.74 Å². The van der Waals surface area contributed by atoms with E-state index >= 15 is 0 Å². The van der Waals surface area contributed by atoms with Crippen molar-refractivity contribution in [1.82, 2.24) is 10.6 Å². The molecule has 2 amide bonds. The van der Waals surface area contributed by atoms with Crippen molar-refractivity contribution in [1.29, 1.82) is 0 Å². The Labute approximate surface area is 125 Å². The fraction of sp³-hybridized carbons (Fsp3) is 0.500. The number of ether oxygens (including phenoxy) is 1. The average Bonchev–Trinajstić information content (AvgIpc) is 2.97. The zero-order chi connectivity index (χ0) is 15.2. The number of carbonyl (C=O) groups is 2. The zero-order valence-corrected chi connectivity index (χ0v) is 12.5. The van der Waals surface area contributed by atoms with Gasteiger partial charge in [-0.3, -0.25) is 9.59 Å². The lowest BCUT2D eigenvalue weighted by atomic mass is 10.1. The first kappa shape index (κ1) is 15.5. The molecule has 1 fully saturated rings. The van der Waals surface area contributed by atoms with Gasteiger partial charge in [0.1, 0.15) is 0 Å². The molecule has 1 unspecified atom stereocenters. The Balaban J connectivity index is 1.95. The highest BCUT2D eigenvalue weighted by Crippen LogP contribution is 2.11. The van der Waals surface area contributed by atoms with Gasteiger partial charge < -0.3 is 15.4 Å². The second-order valence-electron chi connectivity index (χ2n) is 5.55. The summed E-state index contributed by atoms with van der Waals surface area (Å²) in [6.45, 7) is 5.08. The van der Waals surface area contributed by atoms with Crippen molar-refractivity contribution < 1.29 is 14.3 Å². The predicted octanol–water partition coefficient (Wildman–Crippen LogP) is 1.73. The van der Waals surface area contributed by atoms with Crippen LogP contribution in [0.25, 0.3) is 0 Å². The lowest BCUT2D eigenvalue weighted by Gasteiger charge is -2.12. The van der Waals surface area contributed by atoms with E-state index in [1.165, 1.54) is 0 Å². The van der Waals surface area contributed by atoms with Crippen LogP contribution in [0, 0.1) is 0 Å². The van der Waals surface area contributed by atoms with Crippen LogP contribution in [0.3, 0.4) is 0 Å². The summed E-state index contributed by atoms with van der Waals surface area (Å²) < 4.78 is 5.47. The molecule has 21 heavy (non-hydrogen) atoms. The number of amides is 2. The minimum atomic E-state index is -0.176. The SMILES string of the molecule is CC(C)NC(=O)c1cccc(C(=O)NCC2CCCO2)c1. The van der Waals surface area contributed by atoms with Gasteiger partial charge in [0.2, 0.25) is 0 Å². The van der Waals surface area contributed by atoms with Crippen molar-refractivity contribution in [2.24, 2.45) is 0 Å². The van der Waals surface area contributed by atoms with Crippen molar-refractivity contribution in [3.63, 3.8) is 0 Å². The van der Waals surface area contributed by atoms with Crippen LogP contribution < -0.4 is 10.6 Å². The van der Waals surface area contributed by atoms with E-state index in [1.54, 1.807) is 24.3 Å². The molecule has 0 aliphatic carbocycles. The summed E-state index contributed by atoms with van der Waals surface area (Å²) in [6.07, 6.45) is 2.14. The molecule has 2 rings (SSSR count). The molecule has 0 spiro atoms. The third kappa shape index (κ3) is 4.56. The first-order valence-electron chi connectivity index (χ1n) is 7.37. The summed E-state index contributed by atoms with van der Waals surface area (Å²) in [7, 11) is 0. The molecule has 1 aromatic rings. The van der Waals surface area contributed by atoms with E-state index in [0.29, 0.717) is 17.7 Å². The normalized spacial score (nSPS) is 17.8. The van der Waals surface area contributed by atoms with Gasteiger partial charge in [-0.25, -0.2) is 0 Å². The van der Waals surface area contributed by atoms with E-state index in [0.717, 1.165) is 19.4 Å². The number of hydrogen-bond acceptors (Lipinski definition) is 3. The molecule has 0 saturated carbocycles. The fourth-order valence-corrected chi connectivity index (χ4v) is 2.26. The van der Waals surface area contributed by atoms with E-state index in [1.807, 2.05) is 13.8 Å². The highest BCUT2D eigenvalue weighted by Gasteiger charge is 2.17. The predicted molar refractivity (Wildman–Crippen MR) is 80.4 cm³/mol. The minimum Gasteiger partial charge on any atom is -0.376 e. The van der Waals surface area contributed by atoms with E-state index in [9.17, 15) is 9.59 Å². The Morgan fingerprint density at radius 3 is 2.62 bits per heavy atom. The molecule has 0 radical (unpaired) electrons. The fourth-order valence-electron chi connectivity index (χ4n) is 2.26. The second kappa shape index (κ2) is 7.22. The first-order valence-corrected chi connectivity index (χ1v) is 7.37. The summed E-state index contributed by atoms with van der Waals surface area (Å²) in [5.74, 6) is -0.344. The first-order chi connectivity index (χ1) is 10.1. The van der Waals surface area contributed by atoms with Crippen LogP contribution in [0.5, 0.6) is 0 Å². The molecular formula is C16H22N2O3. The zero-order valence-electron chi connectivity index (χ0n) is 12.5. The molecule has 114 valence electrons. The molecule has 1 aliphatic heterocycles. The Kier molecular flexibility index (Phi) is 5.33. The van der Waals surface area contributed by atoms with E-state index in [2.05, 4.69) is 10.6 Å². The number of hydrogen-bond donors (Lipinski definition) is 2. The van der Waals surface area contributed by atoms with Crippen molar-refractivity contribution in [2.75, 3.05) is 13.2 Å². The number of carbonyl (C=O) groups excluding carboxylic acids is 2. The van der Waals surface area contributed by atoms with Gasteiger partial charge in [0.15, 0.2) is 0 Å². The maximum atomic E-state index is 12.1. The maximum Gasteiger partial charge on any atom is 0.251 e. The Bertz CT molecular complexity index is 508. The summed E-state index contributed by atoms with van der Waals surface area (Å²) >= 11 is 0. The standard InChI is InChI=1S/C16H22N2O3/c1-11(2)18-16(20)13-6-3-5-12(9-13)15(19)17-10-14-7-4-8-21-14/h3,5-6,9,11,14H,4,7-8,10H2,1-2H3,(H,17,19)(H,18,20). The molecule has 1 atom stereocenters. The van der Waals surface area contributed by atoms with Crippen molar-refractivity contribution >= 4 is 11.8 Å². The largest absolute Gasteiger partial charge is 0.376 e. The van der Waals surface area contributed by atoms with Crippen LogP contribution in [0.15, 0.2) is 24.3 Å². The van der Waals surface area contributed by atoms with Crippen LogP contribution in [-0.2, 0) is 4.74 Å². The van der Waals surface area contributed by atoms with Gasteiger partial charge in [0.25, 0.3) is 11.8 Å². The Morgan fingerprint density at radius 2 is 2.00 bits per heavy atom. The van der Waals surface area contributed by atoms with Gasteiger partial charge in [0.05, 0.1) is 6.10 Å². The molecule has 5 nitrogen and oxygen atoms in total. The lowest BCUT2D eigenvalue weighted by Crippen LogP contribution is -2.32. The van der Waals surface area contributed by atoms with E-state index < -0.39 is 0 Å². The molecule has 1 aromatic carbocycles. The van der Waals surface area contributed by atoms with Gasteiger partial charge in [-0.15, -0.1) is 0 Å². The maximum absolute atomic E-state index is 12.1. The second-order valence-corrected chi connectivity index (χ2v) is 5.55. The number of nitrogens with one attached hydrogen (secondary N) is 2. The summed E-state index contributed by atoms with van der Waals surface area (Å²) in [5, 5.41) is 5.66. The van der Waals surface area contributed by atoms with Crippen molar-refractivity contribution in [3.05, 3.63) is 35.4 Å². The van der Waals surface area contributed by atoms with Gasteiger partial charge in [-0.05, 0) is 44.9 Å². The quantitative estimate of drug-likeness (QED) is 0.868. The Morgan fingerprint density at radius 1 is 1.29 bits per heavy atom. The topological polar surface area (TPSA) is 67.4 Å². The molecule has 2 N–H and O–H groups in total. The lowest BCUT2D eigenvalue weighted by molar-refractivity contribution is 0.0858. The average molecular weight is 290 g/mol. The molecule has 1 heterocycles. The number of benzene rings is 1. The van der Waals surface area contributed by atoms with Gasteiger partial charge in [-0.2, -0.15) is 0 Å². The molecule has 1 saturated heterocycles. The summed E-state index contributed by atoms with van der Waals surface area (Å²) in [6, 6.07) is 6.80. The van der Waals surface area contributed by atoms with E-state index in [-0.39, 0.29) is 24.0 Å². The minimum absolute atomic E-state index is 0.0644.